The van der Waals surface area contributed by atoms with Crippen LogP contribution in [0.1, 0.15) is 5.56 Å². The Hall–Kier alpha value is -2.60. The highest BCUT2D eigenvalue weighted by Gasteiger charge is 2.18. The lowest BCUT2D eigenvalue weighted by molar-refractivity contribution is -0.384. The van der Waals surface area contributed by atoms with E-state index in [0.717, 1.165) is 0 Å². The van der Waals surface area contributed by atoms with Crippen molar-refractivity contribution in [1.29, 1.82) is 0 Å². The molecule has 0 bridgehead atoms. The highest BCUT2D eigenvalue weighted by Crippen LogP contribution is 2.28. The van der Waals surface area contributed by atoms with Gasteiger partial charge in [-0.25, -0.2) is 0 Å². The number of ether oxygens (including phenoxy) is 1. The number of carbonyl (C=O) groups excluding carboxylic acids is 1. The van der Waals surface area contributed by atoms with Gasteiger partial charge in [-0.1, -0.05) is 35.9 Å². The standard InChI is InChI=1S/C15H13ClN2O4/c1-10-5-4-7-12(18(20)21)15(10)17-14(19)9-22-13-8-3-2-6-11(13)16/h2-8H,9H2,1H3,(H,17,19). The summed E-state index contributed by atoms with van der Waals surface area (Å²) in [5.74, 6) is -0.129. The fourth-order valence-electron chi connectivity index (χ4n) is 1.85. The maximum Gasteiger partial charge on any atom is 0.293 e. The van der Waals surface area contributed by atoms with E-state index in [9.17, 15) is 14.9 Å². The fraction of sp³-hybridized carbons (Fsp3) is 0.133. The van der Waals surface area contributed by atoms with Crippen LogP contribution in [0.5, 0.6) is 5.75 Å². The second-order valence-corrected chi connectivity index (χ2v) is 4.90. The molecule has 2 aromatic rings. The number of carbonyl (C=O) groups is 1. The van der Waals surface area contributed by atoms with Crippen LogP contribution in [0.25, 0.3) is 0 Å². The van der Waals surface area contributed by atoms with E-state index in [1.807, 2.05) is 0 Å². The Morgan fingerprint density at radius 2 is 2.00 bits per heavy atom. The zero-order chi connectivity index (χ0) is 16.1. The molecule has 22 heavy (non-hydrogen) atoms. The smallest absolute Gasteiger partial charge is 0.293 e. The van der Waals surface area contributed by atoms with E-state index in [-0.39, 0.29) is 18.0 Å². The van der Waals surface area contributed by atoms with Gasteiger partial charge >= 0.3 is 0 Å². The minimum Gasteiger partial charge on any atom is -0.482 e. The molecule has 0 saturated carbocycles. The van der Waals surface area contributed by atoms with Crippen LogP contribution >= 0.6 is 11.6 Å². The number of aryl methyl sites for hydroxylation is 1. The lowest BCUT2D eigenvalue weighted by Crippen LogP contribution is -2.21. The summed E-state index contributed by atoms with van der Waals surface area (Å²) in [7, 11) is 0. The van der Waals surface area contributed by atoms with Gasteiger partial charge in [0.1, 0.15) is 11.4 Å². The van der Waals surface area contributed by atoms with E-state index in [1.165, 1.54) is 6.07 Å². The molecule has 0 fully saturated rings. The van der Waals surface area contributed by atoms with Gasteiger partial charge in [-0.2, -0.15) is 0 Å². The molecule has 0 aliphatic heterocycles. The molecule has 0 saturated heterocycles. The molecule has 6 nitrogen and oxygen atoms in total. The van der Waals surface area contributed by atoms with Gasteiger partial charge in [-0.05, 0) is 24.6 Å². The third kappa shape index (κ3) is 3.73. The van der Waals surface area contributed by atoms with Crippen LogP contribution in [-0.2, 0) is 4.79 Å². The molecule has 0 aromatic heterocycles. The van der Waals surface area contributed by atoms with Gasteiger partial charge in [0.05, 0.1) is 9.95 Å². The first-order valence-corrected chi connectivity index (χ1v) is 6.78. The molecule has 1 N–H and O–H groups in total. The van der Waals surface area contributed by atoms with Crippen LogP contribution in [0, 0.1) is 17.0 Å². The molecular weight excluding hydrogens is 308 g/mol. The summed E-state index contributed by atoms with van der Waals surface area (Å²) < 4.78 is 5.30. The van der Waals surface area contributed by atoms with Crippen molar-refractivity contribution in [2.45, 2.75) is 6.92 Å². The number of benzene rings is 2. The number of nitrogens with zero attached hydrogens (tertiary/aromatic N) is 1. The number of hydrogen-bond donors (Lipinski definition) is 1. The SMILES string of the molecule is Cc1cccc([N+](=O)[O-])c1NC(=O)COc1ccccc1Cl. The predicted molar refractivity (Wildman–Crippen MR) is 83.4 cm³/mol. The Morgan fingerprint density at radius 1 is 1.27 bits per heavy atom. The topological polar surface area (TPSA) is 81.5 Å². The molecular formula is C15H13ClN2O4. The number of halogens is 1. The molecule has 2 rings (SSSR count). The maximum absolute atomic E-state index is 11.9. The van der Waals surface area contributed by atoms with E-state index in [1.54, 1.807) is 43.3 Å². The van der Waals surface area contributed by atoms with Crippen LogP contribution in [0.15, 0.2) is 42.5 Å². The first kappa shape index (κ1) is 15.8. The summed E-state index contributed by atoms with van der Waals surface area (Å²) in [6.07, 6.45) is 0. The Bertz CT molecular complexity index is 718. The Kier molecular flexibility index (Phi) is 4.95. The lowest BCUT2D eigenvalue weighted by atomic mass is 10.1. The number of para-hydroxylation sites is 2. The maximum atomic E-state index is 11.9. The minimum absolute atomic E-state index is 0.161. The molecule has 0 aliphatic rings. The number of hydrogen-bond acceptors (Lipinski definition) is 4. The van der Waals surface area contributed by atoms with Gasteiger partial charge < -0.3 is 10.1 Å². The van der Waals surface area contributed by atoms with Gasteiger partial charge in [-0.15, -0.1) is 0 Å². The number of amides is 1. The molecule has 2 aromatic carbocycles. The van der Waals surface area contributed by atoms with Crippen molar-refractivity contribution >= 4 is 28.9 Å². The van der Waals surface area contributed by atoms with Crippen LogP contribution in [0.2, 0.25) is 5.02 Å². The molecule has 0 heterocycles. The van der Waals surface area contributed by atoms with Crippen molar-refractivity contribution < 1.29 is 14.5 Å². The normalized spacial score (nSPS) is 10.1. The highest BCUT2D eigenvalue weighted by molar-refractivity contribution is 6.32. The molecule has 0 aliphatic carbocycles. The predicted octanol–water partition coefficient (Wildman–Crippen LogP) is 3.57. The average molecular weight is 321 g/mol. The van der Waals surface area contributed by atoms with E-state index in [2.05, 4.69) is 5.32 Å². The van der Waals surface area contributed by atoms with Gasteiger partial charge in [0, 0.05) is 6.07 Å². The van der Waals surface area contributed by atoms with Crippen molar-refractivity contribution in [3.05, 3.63) is 63.2 Å². The van der Waals surface area contributed by atoms with Crippen molar-refractivity contribution in [1.82, 2.24) is 0 Å². The Labute approximate surface area is 131 Å². The van der Waals surface area contributed by atoms with Gasteiger partial charge in [0.2, 0.25) is 0 Å². The van der Waals surface area contributed by atoms with Crippen LogP contribution in [0.3, 0.4) is 0 Å². The van der Waals surface area contributed by atoms with E-state index < -0.39 is 10.8 Å². The lowest BCUT2D eigenvalue weighted by Gasteiger charge is -2.10. The third-order valence-electron chi connectivity index (χ3n) is 2.91. The monoisotopic (exact) mass is 320 g/mol. The Balaban J connectivity index is 2.07. The zero-order valence-electron chi connectivity index (χ0n) is 11.7. The number of nitro benzene ring substituents is 1. The summed E-state index contributed by atoms with van der Waals surface area (Å²) in [6.45, 7) is 1.38. The van der Waals surface area contributed by atoms with Crippen molar-refractivity contribution in [3.8, 4) is 5.75 Å². The number of nitro groups is 1. The van der Waals surface area contributed by atoms with E-state index in [0.29, 0.717) is 16.3 Å². The molecule has 1 amide bonds. The van der Waals surface area contributed by atoms with Crippen LogP contribution in [0.4, 0.5) is 11.4 Å². The van der Waals surface area contributed by atoms with Crippen LogP contribution in [-0.4, -0.2) is 17.4 Å². The molecule has 0 atom stereocenters. The van der Waals surface area contributed by atoms with Crippen molar-refractivity contribution in [2.75, 3.05) is 11.9 Å². The van der Waals surface area contributed by atoms with E-state index in [4.69, 9.17) is 16.3 Å². The van der Waals surface area contributed by atoms with Gasteiger partial charge in [0.25, 0.3) is 11.6 Å². The van der Waals surface area contributed by atoms with Gasteiger partial charge in [0.15, 0.2) is 6.61 Å². The second-order valence-electron chi connectivity index (χ2n) is 4.49. The summed E-state index contributed by atoms with van der Waals surface area (Å²) in [5, 5.41) is 13.9. The Morgan fingerprint density at radius 3 is 2.68 bits per heavy atom. The summed E-state index contributed by atoms with van der Waals surface area (Å²) in [6, 6.07) is 11.3. The minimum atomic E-state index is -0.544. The third-order valence-corrected chi connectivity index (χ3v) is 3.22. The molecule has 114 valence electrons. The first-order chi connectivity index (χ1) is 10.5. The van der Waals surface area contributed by atoms with Crippen molar-refractivity contribution in [3.63, 3.8) is 0 Å². The largest absolute Gasteiger partial charge is 0.482 e. The van der Waals surface area contributed by atoms with Gasteiger partial charge in [-0.3, -0.25) is 14.9 Å². The fourth-order valence-corrected chi connectivity index (χ4v) is 2.04. The van der Waals surface area contributed by atoms with Crippen molar-refractivity contribution in [2.24, 2.45) is 0 Å². The highest BCUT2D eigenvalue weighted by atomic mass is 35.5. The molecule has 0 unspecified atom stereocenters. The summed E-state index contributed by atoms with van der Waals surface area (Å²) in [5.41, 5.74) is 0.603. The van der Waals surface area contributed by atoms with E-state index >= 15 is 0 Å². The molecule has 7 heteroatoms. The second kappa shape index (κ2) is 6.91. The average Bonchev–Trinajstić information content (AvgIpc) is 2.48. The van der Waals surface area contributed by atoms with Crippen LogP contribution < -0.4 is 10.1 Å². The molecule has 0 spiro atoms. The zero-order valence-corrected chi connectivity index (χ0v) is 12.5. The number of rotatable bonds is 5. The number of nitrogens with one attached hydrogen (secondary N) is 1. The first-order valence-electron chi connectivity index (χ1n) is 6.40. The summed E-state index contributed by atoms with van der Waals surface area (Å²) >= 11 is 5.91. The summed E-state index contributed by atoms with van der Waals surface area (Å²) in [4.78, 5) is 22.4. The number of anilines is 1. The molecule has 0 radical (unpaired) electrons. The quantitative estimate of drug-likeness (QED) is 0.674.